The van der Waals surface area contributed by atoms with Crippen molar-refractivity contribution in [2.24, 2.45) is 0 Å². The van der Waals surface area contributed by atoms with Crippen molar-refractivity contribution in [3.63, 3.8) is 0 Å². The van der Waals surface area contributed by atoms with Gasteiger partial charge in [-0.3, -0.25) is 9.59 Å². The highest BCUT2D eigenvalue weighted by atomic mass is 16.3. The van der Waals surface area contributed by atoms with Gasteiger partial charge in [-0.25, -0.2) is 0 Å². The quantitative estimate of drug-likeness (QED) is 0.801. The maximum atomic E-state index is 11.9. The van der Waals surface area contributed by atoms with Crippen molar-refractivity contribution in [1.29, 1.82) is 0 Å². The minimum absolute atomic E-state index is 0.234. The average Bonchev–Trinajstić information content (AvgIpc) is 2.84. The zero-order valence-electron chi connectivity index (χ0n) is 11.8. The number of carbonyl (C=O) groups excluding carboxylic acids is 2. The summed E-state index contributed by atoms with van der Waals surface area (Å²) in [6.45, 7) is 4.80. The smallest absolute Gasteiger partial charge is 0.313 e. The van der Waals surface area contributed by atoms with E-state index in [2.05, 4.69) is 19.2 Å². The minimum atomic E-state index is -0.653. The molecule has 0 unspecified atom stereocenters. The molecule has 1 aliphatic heterocycles. The molecule has 2 rings (SSSR count). The van der Waals surface area contributed by atoms with Gasteiger partial charge in [0, 0.05) is 18.8 Å². The number of rotatable bonds is 2. The van der Waals surface area contributed by atoms with Crippen LogP contribution in [0.25, 0.3) is 0 Å². The third-order valence-corrected chi connectivity index (χ3v) is 3.46. The van der Waals surface area contributed by atoms with Gasteiger partial charge < -0.3 is 15.3 Å². The number of aliphatic hydroxyl groups is 1. The summed E-state index contributed by atoms with van der Waals surface area (Å²) < 4.78 is 0. The van der Waals surface area contributed by atoms with E-state index in [-0.39, 0.29) is 6.54 Å². The van der Waals surface area contributed by atoms with Gasteiger partial charge in [-0.05, 0) is 30.0 Å². The summed E-state index contributed by atoms with van der Waals surface area (Å²) in [4.78, 5) is 25.2. The fraction of sp³-hybridized carbons (Fsp3) is 0.467. The maximum Gasteiger partial charge on any atom is 0.313 e. The largest absolute Gasteiger partial charge is 0.391 e. The average molecular weight is 276 g/mol. The van der Waals surface area contributed by atoms with Crippen molar-refractivity contribution < 1.29 is 14.7 Å². The van der Waals surface area contributed by atoms with Gasteiger partial charge in [0.1, 0.15) is 0 Å². The van der Waals surface area contributed by atoms with Gasteiger partial charge in [-0.2, -0.15) is 0 Å². The molecule has 1 aromatic rings. The Balaban J connectivity index is 2.00. The number of amides is 2. The van der Waals surface area contributed by atoms with Crippen LogP contribution in [0, 0.1) is 0 Å². The molecule has 0 bridgehead atoms. The molecule has 2 amide bonds. The predicted octanol–water partition coefficient (Wildman–Crippen LogP) is 1.34. The number of hydrogen-bond donors (Lipinski definition) is 2. The molecule has 1 saturated heterocycles. The lowest BCUT2D eigenvalue weighted by Crippen LogP contribution is -2.38. The number of nitrogens with zero attached hydrogens (tertiary/aromatic N) is 1. The second-order valence-corrected chi connectivity index (χ2v) is 5.43. The maximum absolute atomic E-state index is 11.9. The number of nitrogens with one attached hydrogen (secondary N) is 1. The van der Waals surface area contributed by atoms with Crippen molar-refractivity contribution in [1.82, 2.24) is 4.90 Å². The summed E-state index contributed by atoms with van der Waals surface area (Å²) in [5.41, 5.74) is 1.72. The number of hydrogen-bond acceptors (Lipinski definition) is 3. The van der Waals surface area contributed by atoms with Crippen LogP contribution in [-0.4, -0.2) is 41.0 Å². The van der Waals surface area contributed by atoms with E-state index in [1.54, 1.807) is 6.07 Å². The fourth-order valence-corrected chi connectivity index (χ4v) is 2.23. The summed E-state index contributed by atoms with van der Waals surface area (Å²) in [6.07, 6.45) is 0.0120. The van der Waals surface area contributed by atoms with Crippen LogP contribution in [0.2, 0.25) is 0 Å². The molecule has 108 valence electrons. The molecule has 5 nitrogen and oxygen atoms in total. The lowest BCUT2D eigenvalue weighted by Gasteiger charge is -2.15. The van der Waals surface area contributed by atoms with Gasteiger partial charge >= 0.3 is 11.8 Å². The second-order valence-electron chi connectivity index (χ2n) is 5.43. The number of aliphatic hydroxyl groups excluding tert-OH is 1. The van der Waals surface area contributed by atoms with Crippen LogP contribution in [0.1, 0.15) is 31.7 Å². The summed E-state index contributed by atoms with van der Waals surface area (Å²) in [7, 11) is 0. The monoisotopic (exact) mass is 276 g/mol. The van der Waals surface area contributed by atoms with Crippen molar-refractivity contribution in [3.05, 3.63) is 29.8 Å². The molecule has 0 aromatic heterocycles. The molecule has 2 N–H and O–H groups in total. The molecule has 20 heavy (non-hydrogen) atoms. The molecular weight excluding hydrogens is 256 g/mol. The lowest BCUT2D eigenvalue weighted by atomic mass is 10.0. The molecule has 0 saturated carbocycles. The number of carbonyl (C=O) groups is 2. The molecule has 1 heterocycles. The summed E-state index contributed by atoms with van der Waals surface area (Å²) in [5.74, 6) is -0.882. The summed E-state index contributed by atoms with van der Waals surface area (Å²) in [6, 6.07) is 7.47. The molecule has 0 radical (unpaired) electrons. The lowest BCUT2D eigenvalue weighted by molar-refractivity contribution is -0.142. The summed E-state index contributed by atoms with van der Waals surface area (Å²) in [5, 5.41) is 12.0. The van der Waals surface area contributed by atoms with E-state index in [1.165, 1.54) is 4.90 Å². The van der Waals surface area contributed by atoms with Crippen LogP contribution in [0.15, 0.2) is 24.3 Å². The van der Waals surface area contributed by atoms with E-state index >= 15 is 0 Å². The fourth-order valence-electron chi connectivity index (χ4n) is 2.23. The Morgan fingerprint density at radius 2 is 2.15 bits per heavy atom. The molecule has 1 atom stereocenters. The van der Waals surface area contributed by atoms with Crippen molar-refractivity contribution >= 4 is 17.5 Å². The molecule has 0 aliphatic carbocycles. The first kappa shape index (κ1) is 14.5. The Hall–Kier alpha value is -1.88. The Bertz CT molecular complexity index is 514. The molecule has 1 fully saturated rings. The Kier molecular flexibility index (Phi) is 4.39. The zero-order valence-corrected chi connectivity index (χ0v) is 11.8. The van der Waals surface area contributed by atoms with Crippen LogP contribution in [0.4, 0.5) is 5.69 Å². The van der Waals surface area contributed by atoms with E-state index in [4.69, 9.17) is 0 Å². The van der Waals surface area contributed by atoms with Crippen LogP contribution < -0.4 is 5.32 Å². The third-order valence-electron chi connectivity index (χ3n) is 3.46. The van der Waals surface area contributed by atoms with Crippen molar-refractivity contribution in [2.45, 2.75) is 32.3 Å². The molecule has 5 heteroatoms. The van der Waals surface area contributed by atoms with Crippen LogP contribution in [0.5, 0.6) is 0 Å². The first-order chi connectivity index (χ1) is 9.47. The molecule has 1 aliphatic rings. The Labute approximate surface area is 118 Å². The Morgan fingerprint density at radius 1 is 1.40 bits per heavy atom. The van der Waals surface area contributed by atoms with Crippen molar-refractivity contribution in [3.8, 4) is 0 Å². The van der Waals surface area contributed by atoms with Gasteiger partial charge in [-0.15, -0.1) is 0 Å². The number of anilines is 1. The highest BCUT2D eigenvalue weighted by Crippen LogP contribution is 2.18. The van der Waals surface area contributed by atoms with Gasteiger partial charge in [0.25, 0.3) is 0 Å². The summed E-state index contributed by atoms with van der Waals surface area (Å²) >= 11 is 0. The standard InChI is InChI=1S/C15H20N2O3/c1-10(2)11-4-3-5-12(8-11)16-14(19)15(20)17-7-6-13(18)9-17/h3-5,8,10,13,18H,6-7,9H2,1-2H3,(H,16,19)/t13-/m1/s1. The zero-order chi connectivity index (χ0) is 14.7. The number of benzene rings is 1. The Morgan fingerprint density at radius 3 is 2.75 bits per heavy atom. The highest BCUT2D eigenvalue weighted by molar-refractivity contribution is 6.39. The highest BCUT2D eigenvalue weighted by Gasteiger charge is 2.28. The van der Waals surface area contributed by atoms with Crippen LogP contribution in [0.3, 0.4) is 0 Å². The molecule has 1 aromatic carbocycles. The van der Waals surface area contributed by atoms with Gasteiger partial charge in [0.15, 0.2) is 0 Å². The van der Waals surface area contributed by atoms with Gasteiger partial charge in [0.2, 0.25) is 0 Å². The van der Waals surface area contributed by atoms with E-state index in [9.17, 15) is 14.7 Å². The normalized spacial score (nSPS) is 18.4. The first-order valence-electron chi connectivity index (χ1n) is 6.85. The first-order valence-corrected chi connectivity index (χ1v) is 6.85. The second kappa shape index (κ2) is 6.05. The number of likely N-dealkylation sites (tertiary alicyclic amines) is 1. The van der Waals surface area contributed by atoms with Crippen LogP contribution >= 0.6 is 0 Å². The van der Waals surface area contributed by atoms with E-state index in [0.29, 0.717) is 24.6 Å². The van der Waals surface area contributed by atoms with E-state index in [1.807, 2.05) is 18.2 Å². The van der Waals surface area contributed by atoms with Gasteiger partial charge in [-0.1, -0.05) is 26.0 Å². The predicted molar refractivity (Wildman–Crippen MR) is 76.4 cm³/mol. The molecular formula is C15H20N2O3. The molecule has 0 spiro atoms. The van der Waals surface area contributed by atoms with E-state index < -0.39 is 17.9 Å². The minimum Gasteiger partial charge on any atom is -0.391 e. The van der Waals surface area contributed by atoms with Crippen LogP contribution in [-0.2, 0) is 9.59 Å². The SMILES string of the molecule is CC(C)c1cccc(NC(=O)C(=O)N2CC[C@@H](O)C2)c1. The topological polar surface area (TPSA) is 69.6 Å². The van der Waals surface area contributed by atoms with Gasteiger partial charge in [0.05, 0.1) is 6.10 Å². The third kappa shape index (κ3) is 3.36. The van der Waals surface area contributed by atoms with E-state index in [0.717, 1.165) is 5.56 Å². The number of β-amino-alcohol motifs (C(OH)–C–C–N with tert-alkyl or cyclic N) is 1. The van der Waals surface area contributed by atoms with Crippen molar-refractivity contribution in [2.75, 3.05) is 18.4 Å².